The van der Waals surface area contributed by atoms with E-state index in [1.807, 2.05) is 42.5 Å². The quantitative estimate of drug-likeness (QED) is 0.424. The Morgan fingerprint density at radius 3 is 2.60 bits per heavy atom. The molecule has 3 nitrogen and oxygen atoms in total. The zero-order valence-electron chi connectivity index (χ0n) is 15.0. The lowest BCUT2D eigenvalue weighted by molar-refractivity contribution is 0.242. The second kappa shape index (κ2) is 8.45. The van der Waals surface area contributed by atoms with E-state index in [0.717, 1.165) is 52.0 Å². The van der Waals surface area contributed by atoms with Crippen LogP contribution in [-0.4, -0.2) is 31.1 Å². The summed E-state index contributed by atoms with van der Waals surface area (Å²) in [5, 5.41) is 1.54. The molecule has 0 radical (unpaired) electrons. The lowest BCUT2D eigenvalue weighted by atomic mass is 10.2. The average molecular weight is 356 g/mol. The van der Waals surface area contributed by atoms with Crippen LogP contribution in [0.1, 0.15) is 26.7 Å². The summed E-state index contributed by atoms with van der Waals surface area (Å²) in [6.07, 6.45) is 2.18. The Morgan fingerprint density at radius 1 is 1.00 bits per heavy atom. The van der Waals surface area contributed by atoms with E-state index in [9.17, 15) is 4.79 Å². The SMILES string of the molecule is CCCN(CC)CCCOc1ccc2sc3ccccc3c(=O)c2c1. The number of fused-ring (bicyclic) bond motifs is 2. The predicted octanol–water partition coefficient (Wildman–Crippen LogP) is 4.92. The van der Waals surface area contributed by atoms with Crippen LogP contribution in [-0.2, 0) is 0 Å². The van der Waals surface area contributed by atoms with Crippen molar-refractivity contribution in [1.29, 1.82) is 0 Å². The van der Waals surface area contributed by atoms with E-state index in [1.54, 1.807) is 11.3 Å². The molecule has 0 N–H and O–H groups in total. The van der Waals surface area contributed by atoms with E-state index in [2.05, 4.69) is 18.7 Å². The van der Waals surface area contributed by atoms with Gasteiger partial charge in [0, 0.05) is 26.7 Å². The molecule has 1 aromatic heterocycles. The summed E-state index contributed by atoms with van der Waals surface area (Å²) in [5.41, 5.74) is 0.0925. The summed E-state index contributed by atoms with van der Waals surface area (Å²) in [7, 11) is 0. The highest BCUT2D eigenvalue weighted by atomic mass is 32.1. The molecule has 0 fully saturated rings. The Morgan fingerprint density at radius 2 is 1.80 bits per heavy atom. The molecule has 1 heterocycles. The minimum absolute atomic E-state index is 0.0925. The molecule has 2 aromatic carbocycles. The number of hydrogen-bond donors (Lipinski definition) is 0. The maximum absolute atomic E-state index is 12.7. The van der Waals surface area contributed by atoms with E-state index >= 15 is 0 Å². The third-order valence-corrected chi connectivity index (χ3v) is 5.57. The highest BCUT2D eigenvalue weighted by Gasteiger charge is 2.07. The molecule has 0 bridgehead atoms. The third-order valence-electron chi connectivity index (χ3n) is 4.42. The van der Waals surface area contributed by atoms with Gasteiger partial charge in [-0.15, -0.1) is 11.3 Å². The molecule has 0 atom stereocenters. The van der Waals surface area contributed by atoms with Gasteiger partial charge in [0.05, 0.1) is 6.61 Å². The lowest BCUT2D eigenvalue weighted by Crippen LogP contribution is -2.26. The predicted molar refractivity (Wildman–Crippen MR) is 108 cm³/mol. The van der Waals surface area contributed by atoms with Crippen LogP contribution in [0.25, 0.3) is 20.2 Å². The van der Waals surface area contributed by atoms with Gasteiger partial charge in [0.15, 0.2) is 5.43 Å². The Kier molecular flexibility index (Phi) is 6.05. The molecule has 4 heteroatoms. The van der Waals surface area contributed by atoms with Crippen LogP contribution in [0.4, 0.5) is 0 Å². The second-order valence-corrected chi connectivity index (χ2v) is 7.31. The molecule has 3 rings (SSSR count). The normalized spacial score (nSPS) is 11.5. The topological polar surface area (TPSA) is 29.5 Å². The summed E-state index contributed by atoms with van der Waals surface area (Å²) in [6, 6.07) is 13.6. The molecule has 0 aliphatic rings. The smallest absolute Gasteiger partial charge is 0.196 e. The summed E-state index contributed by atoms with van der Waals surface area (Å²) in [4.78, 5) is 15.2. The zero-order chi connectivity index (χ0) is 17.6. The fourth-order valence-corrected chi connectivity index (χ4v) is 4.15. The first-order valence-corrected chi connectivity index (χ1v) is 9.85. The summed E-state index contributed by atoms with van der Waals surface area (Å²) < 4.78 is 7.94. The molecule has 0 aliphatic carbocycles. The van der Waals surface area contributed by atoms with Crippen LogP contribution < -0.4 is 10.2 Å². The van der Waals surface area contributed by atoms with Gasteiger partial charge in [-0.05, 0) is 56.3 Å². The van der Waals surface area contributed by atoms with Gasteiger partial charge >= 0.3 is 0 Å². The van der Waals surface area contributed by atoms with Crippen molar-refractivity contribution in [2.75, 3.05) is 26.2 Å². The van der Waals surface area contributed by atoms with Gasteiger partial charge in [-0.1, -0.05) is 26.0 Å². The monoisotopic (exact) mass is 355 g/mol. The van der Waals surface area contributed by atoms with Crippen molar-refractivity contribution in [1.82, 2.24) is 4.90 Å². The van der Waals surface area contributed by atoms with E-state index in [4.69, 9.17) is 4.74 Å². The summed E-state index contributed by atoms with van der Waals surface area (Å²) in [5.74, 6) is 0.783. The Bertz CT molecular complexity index is 903. The van der Waals surface area contributed by atoms with Gasteiger partial charge in [0.2, 0.25) is 0 Å². The maximum Gasteiger partial charge on any atom is 0.196 e. The molecule has 0 amide bonds. The van der Waals surface area contributed by atoms with Gasteiger partial charge in [-0.25, -0.2) is 0 Å². The maximum atomic E-state index is 12.7. The third kappa shape index (κ3) is 4.20. The molecule has 3 aromatic rings. The number of benzene rings is 2. The number of rotatable bonds is 8. The first kappa shape index (κ1) is 17.9. The lowest BCUT2D eigenvalue weighted by Gasteiger charge is -2.19. The van der Waals surface area contributed by atoms with Crippen molar-refractivity contribution in [2.45, 2.75) is 26.7 Å². The van der Waals surface area contributed by atoms with Gasteiger partial charge < -0.3 is 9.64 Å². The minimum Gasteiger partial charge on any atom is -0.494 e. The van der Waals surface area contributed by atoms with Crippen molar-refractivity contribution in [3.05, 3.63) is 52.7 Å². The molecule has 25 heavy (non-hydrogen) atoms. The fraction of sp³-hybridized carbons (Fsp3) is 0.381. The van der Waals surface area contributed by atoms with Crippen LogP contribution in [0.2, 0.25) is 0 Å². The standard InChI is InChI=1S/C21H25NO2S/c1-3-12-22(4-2)13-7-14-24-16-10-11-20-18(15-16)21(23)17-8-5-6-9-19(17)25-20/h5-6,8-11,15H,3-4,7,12-14H2,1-2H3. The van der Waals surface area contributed by atoms with Crippen LogP contribution in [0, 0.1) is 0 Å². The van der Waals surface area contributed by atoms with E-state index in [-0.39, 0.29) is 5.43 Å². The van der Waals surface area contributed by atoms with Gasteiger partial charge in [-0.2, -0.15) is 0 Å². The Balaban J connectivity index is 1.72. The molecule has 0 aliphatic heterocycles. The molecule has 132 valence electrons. The van der Waals surface area contributed by atoms with E-state index in [1.165, 1.54) is 6.42 Å². The second-order valence-electron chi connectivity index (χ2n) is 6.22. The minimum atomic E-state index is 0.0925. The van der Waals surface area contributed by atoms with Crippen molar-refractivity contribution < 1.29 is 4.74 Å². The first-order valence-electron chi connectivity index (χ1n) is 9.03. The molecule has 0 saturated carbocycles. The Hall–Kier alpha value is -1.91. The molecule has 0 spiro atoms. The van der Waals surface area contributed by atoms with Crippen LogP contribution in [0.15, 0.2) is 47.3 Å². The molecular weight excluding hydrogens is 330 g/mol. The number of ether oxygens (including phenoxy) is 1. The van der Waals surface area contributed by atoms with E-state index in [0.29, 0.717) is 6.61 Å². The highest BCUT2D eigenvalue weighted by molar-refractivity contribution is 7.24. The summed E-state index contributed by atoms with van der Waals surface area (Å²) >= 11 is 1.65. The summed E-state index contributed by atoms with van der Waals surface area (Å²) in [6.45, 7) is 8.35. The van der Waals surface area contributed by atoms with Gasteiger partial charge in [0.1, 0.15) is 5.75 Å². The molecule has 0 unspecified atom stereocenters. The zero-order valence-corrected chi connectivity index (χ0v) is 15.8. The van der Waals surface area contributed by atoms with Gasteiger partial charge in [-0.3, -0.25) is 4.79 Å². The number of hydrogen-bond acceptors (Lipinski definition) is 4. The highest BCUT2D eigenvalue weighted by Crippen LogP contribution is 2.27. The number of nitrogens with zero attached hydrogens (tertiary/aromatic N) is 1. The Labute approximate surface area is 152 Å². The van der Waals surface area contributed by atoms with Crippen molar-refractivity contribution in [2.24, 2.45) is 0 Å². The molecule has 0 saturated heterocycles. The van der Waals surface area contributed by atoms with Crippen LogP contribution in [0.5, 0.6) is 5.75 Å². The van der Waals surface area contributed by atoms with Crippen molar-refractivity contribution in [3.8, 4) is 5.75 Å². The van der Waals surface area contributed by atoms with Crippen LogP contribution >= 0.6 is 11.3 Å². The largest absolute Gasteiger partial charge is 0.494 e. The average Bonchev–Trinajstić information content (AvgIpc) is 2.65. The molecular formula is C21H25NO2S. The van der Waals surface area contributed by atoms with Crippen molar-refractivity contribution >= 4 is 31.5 Å². The van der Waals surface area contributed by atoms with Crippen molar-refractivity contribution in [3.63, 3.8) is 0 Å². The fourth-order valence-electron chi connectivity index (χ4n) is 3.09. The first-order chi connectivity index (χ1) is 12.2. The van der Waals surface area contributed by atoms with Gasteiger partial charge in [0.25, 0.3) is 0 Å². The van der Waals surface area contributed by atoms with E-state index < -0.39 is 0 Å². The van der Waals surface area contributed by atoms with Crippen LogP contribution in [0.3, 0.4) is 0 Å².